The highest BCUT2D eigenvalue weighted by Crippen LogP contribution is 2.18. The van der Waals surface area contributed by atoms with Crippen LogP contribution in [-0.4, -0.2) is 50.9 Å². The molecule has 9 heteroatoms. The van der Waals surface area contributed by atoms with Crippen LogP contribution < -0.4 is 0 Å². The molecule has 27 heavy (non-hydrogen) atoms. The fourth-order valence-electron chi connectivity index (χ4n) is 2.11. The normalized spacial score (nSPS) is 11.4. The SMILES string of the molecule is CSc1ccc(C(=O)COC(=O)CN(C)S(=O)(=O)c2ccc(Cl)cc2)cc1. The van der Waals surface area contributed by atoms with E-state index in [1.807, 2.05) is 6.26 Å². The lowest BCUT2D eigenvalue weighted by Gasteiger charge is -2.16. The average Bonchev–Trinajstić information content (AvgIpc) is 2.66. The minimum atomic E-state index is -3.86. The summed E-state index contributed by atoms with van der Waals surface area (Å²) in [6.07, 6.45) is 1.92. The molecule has 6 nitrogen and oxygen atoms in total. The molecule has 0 bridgehead atoms. The van der Waals surface area contributed by atoms with Crippen molar-refractivity contribution in [1.82, 2.24) is 4.31 Å². The number of rotatable bonds is 8. The van der Waals surface area contributed by atoms with Crippen molar-refractivity contribution in [3.63, 3.8) is 0 Å². The number of halogens is 1. The van der Waals surface area contributed by atoms with Gasteiger partial charge in [0.05, 0.1) is 4.90 Å². The average molecular weight is 428 g/mol. The van der Waals surface area contributed by atoms with Gasteiger partial charge in [0.1, 0.15) is 6.54 Å². The first-order valence-electron chi connectivity index (χ1n) is 7.79. The minimum absolute atomic E-state index is 0.00663. The Morgan fingerprint density at radius 3 is 2.22 bits per heavy atom. The van der Waals surface area contributed by atoms with Gasteiger partial charge in [-0.2, -0.15) is 4.31 Å². The lowest BCUT2D eigenvalue weighted by atomic mass is 10.1. The van der Waals surface area contributed by atoms with Crippen molar-refractivity contribution in [2.45, 2.75) is 9.79 Å². The van der Waals surface area contributed by atoms with Gasteiger partial charge in [-0.15, -0.1) is 11.8 Å². The number of hydrogen-bond donors (Lipinski definition) is 0. The fourth-order valence-corrected chi connectivity index (χ4v) is 3.75. The van der Waals surface area contributed by atoms with Crippen LogP contribution in [0, 0.1) is 0 Å². The number of nitrogens with zero attached hydrogens (tertiary/aromatic N) is 1. The first kappa shape index (κ1) is 21.4. The molecule has 144 valence electrons. The molecule has 0 unspecified atom stereocenters. The number of Topliss-reactive ketones (excluding diaryl/α,β-unsaturated/α-hetero) is 1. The van der Waals surface area contributed by atoms with E-state index in [1.54, 1.807) is 36.0 Å². The second-order valence-electron chi connectivity index (χ2n) is 5.53. The molecule has 0 aromatic heterocycles. The predicted octanol–water partition coefficient (Wildman–Crippen LogP) is 3.11. The number of thioether (sulfide) groups is 1. The lowest BCUT2D eigenvalue weighted by molar-refractivity contribution is -0.142. The van der Waals surface area contributed by atoms with E-state index < -0.39 is 29.1 Å². The van der Waals surface area contributed by atoms with Crippen LogP contribution in [0.25, 0.3) is 0 Å². The zero-order valence-electron chi connectivity index (χ0n) is 14.7. The van der Waals surface area contributed by atoms with E-state index >= 15 is 0 Å². The summed E-state index contributed by atoms with van der Waals surface area (Å²) in [5.74, 6) is -1.18. The summed E-state index contributed by atoms with van der Waals surface area (Å²) in [5.41, 5.74) is 0.419. The lowest BCUT2D eigenvalue weighted by Crippen LogP contribution is -2.33. The highest BCUT2D eigenvalue weighted by molar-refractivity contribution is 7.98. The number of esters is 1. The van der Waals surface area contributed by atoms with E-state index in [0.29, 0.717) is 10.6 Å². The molecule has 0 aliphatic carbocycles. The zero-order chi connectivity index (χ0) is 20.0. The van der Waals surface area contributed by atoms with Gasteiger partial charge in [-0.25, -0.2) is 8.42 Å². The Labute approximate surface area is 167 Å². The van der Waals surface area contributed by atoms with E-state index in [0.717, 1.165) is 9.20 Å². The molecular formula is C18H18ClNO5S2. The van der Waals surface area contributed by atoms with Crippen LogP contribution in [0.5, 0.6) is 0 Å². The monoisotopic (exact) mass is 427 g/mol. The van der Waals surface area contributed by atoms with Crippen LogP contribution in [0.15, 0.2) is 58.3 Å². The van der Waals surface area contributed by atoms with Crippen molar-refractivity contribution in [3.05, 3.63) is 59.1 Å². The number of hydrogen-bond acceptors (Lipinski definition) is 6. The Morgan fingerprint density at radius 1 is 1.07 bits per heavy atom. The molecule has 0 spiro atoms. The molecule has 0 aliphatic heterocycles. The van der Waals surface area contributed by atoms with Crippen LogP contribution in [-0.2, 0) is 19.6 Å². The Bertz CT molecular complexity index is 912. The van der Waals surface area contributed by atoms with E-state index in [1.165, 1.54) is 31.3 Å². The quantitative estimate of drug-likeness (QED) is 0.366. The van der Waals surface area contributed by atoms with Crippen LogP contribution in [0.3, 0.4) is 0 Å². The highest BCUT2D eigenvalue weighted by atomic mass is 35.5. The number of sulfonamides is 1. The van der Waals surface area contributed by atoms with Crippen LogP contribution in [0.1, 0.15) is 10.4 Å². The van der Waals surface area contributed by atoms with Gasteiger partial charge in [-0.3, -0.25) is 9.59 Å². The molecule has 0 aliphatic rings. The maximum absolute atomic E-state index is 12.4. The first-order valence-corrected chi connectivity index (χ1v) is 10.8. The molecule has 2 rings (SSSR count). The Balaban J connectivity index is 1.92. The third-order valence-electron chi connectivity index (χ3n) is 3.65. The highest BCUT2D eigenvalue weighted by Gasteiger charge is 2.24. The number of carbonyl (C=O) groups is 2. The number of carbonyl (C=O) groups excluding carboxylic acids is 2. The number of benzene rings is 2. The summed E-state index contributed by atoms with van der Waals surface area (Å²) in [6.45, 7) is -0.962. The van der Waals surface area contributed by atoms with Gasteiger partial charge in [0.15, 0.2) is 12.4 Å². The Kier molecular flexibility index (Phi) is 7.43. The minimum Gasteiger partial charge on any atom is -0.456 e. The first-order chi connectivity index (χ1) is 12.7. The number of ether oxygens (including phenoxy) is 1. The van der Waals surface area contributed by atoms with Crippen molar-refractivity contribution >= 4 is 45.1 Å². The van der Waals surface area contributed by atoms with Crippen molar-refractivity contribution < 1.29 is 22.7 Å². The molecule has 0 fully saturated rings. The summed E-state index contributed by atoms with van der Waals surface area (Å²) in [5, 5.41) is 0.403. The van der Waals surface area contributed by atoms with Crippen LogP contribution in [0.4, 0.5) is 0 Å². The van der Waals surface area contributed by atoms with E-state index in [2.05, 4.69) is 0 Å². The molecule has 2 aromatic carbocycles. The van der Waals surface area contributed by atoms with E-state index in [4.69, 9.17) is 16.3 Å². The molecule has 0 saturated carbocycles. The third-order valence-corrected chi connectivity index (χ3v) is 6.46. The number of likely N-dealkylation sites (N-methyl/N-ethyl adjacent to an activating group) is 1. The smallest absolute Gasteiger partial charge is 0.321 e. The van der Waals surface area contributed by atoms with Gasteiger partial charge < -0.3 is 4.74 Å². The van der Waals surface area contributed by atoms with Gasteiger partial charge in [-0.05, 0) is 42.7 Å². The molecule has 0 saturated heterocycles. The van der Waals surface area contributed by atoms with E-state index in [-0.39, 0.29) is 10.7 Å². The second-order valence-corrected chi connectivity index (χ2v) is 8.89. The third kappa shape index (κ3) is 5.80. The van der Waals surface area contributed by atoms with Crippen LogP contribution >= 0.6 is 23.4 Å². The van der Waals surface area contributed by atoms with Crippen molar-refractivity contribution in [1.29, 1.82) is 0 Å². The zero-order valence-corrected chi connectivity index (χ0v) is 17.1. The second kappa shape index (κ2) is 9.36. The van der Waals surface area contributed by atoms with Gasteiger partial charge in [0, 0.05) is 22.5 Å². The van der Waals surface area contributed by atoms with Crippen molar-refractivity contribution in [2.75, 3.05) is 26.5 Å². The largest absolute Gasteiger partial charge is 0.456 e. The van der Waals surface area contributed by atoms with Gasteiger partial charge in [0.25, 0.3) is 0 Å². The summed E-state index contributed by atoms with van der Waals surface area (Å²) in [6, 6.07) is 12.5. The predicted molar refractivity (Wildman–Crippen MR) is 105 cm³/mol. The molecule has 0 amide bonds. The van der Waals surface area contributed by atoms with E-state index in [9.17, 15) is 18.0 Å². The molecule has 0 heterocycles. The maximum atomic E-state index is 12.4. The maximum Gasteiger partial charge on any atom is 0.321 e. The fraction of sp³-hybridized carbons (Fsp3) is 0.222. The van der Waals surface area contributed by atoms with Gasteiger partial charge in [-0.1, -0.05) is 23.7 Å². The Morgan fingerprint density at radius 2 is 1.67 bits per heavy atom. The van der Waals surface area contributed by atoms with Gasteiger partial charge in [0.2, 0.25) is 10.0 Å². The van der Waals surface area contributed by atoms with Crippen molar-refractivity contribution in [3.8, 4) is 0 Å². The molecule has 0 N–H and O–H groups in total. The molecular weight excluding hydrogens is 410 g/mol. The molecule has 2 aromatic rings. The molecule has 0 radical (unpaired) electrons. The van der Waals surface area contributed by atoms with Crippen molar-refractivity contribution in [2.24, 2.45) is 0 Å². The topological polar surface area (TPSA) is 80.8 Å². The summed E-state index contributed by atoms with van der Waals surface area (Å²) in [4.78, 5) is 25.0. The summed E-state index contributed by atoms with van der Waals surface area (Å²) in [7, 11) is -2.60. The standard InChI is InChI=1S/C18H18ClNO5S2/c1-20(27(23,24)16-9-5-14(19)6-10-16)11-18(22)25-12-17(21)13-3-7-15(26-2)8-4-13/h3-10H,11-12H2,1-2H3. The Hall–Kier alpha value is -1.87. The summed E-state index contributed by atoms with van der Waals surface area (Å²) < 4.78 is 30.6. The number of ketones is 1. The van der Waals surface area contributed by atoms with Gasteiger partial charge >= 0.3 is 5.97 Å². The van der Waals surface area contributed by atoms with Crippen LogP contribution in [0.2, 0.25) is 5.02 Å². The summed E-state index contributed by atoms with van der Waals surface area (Å²) >= 11 is 7.30. The molecule has 0 atom stereocenters.